The molecule has 2 aliphatic rings. The highest BCUT2D eigenvalue weighted by atomic mass is 16.6. The Bertz CT molecular complexity index is 692. The van der Waals surface area contributed by atoms with Gasteiger partial charge in [0.05, 0.1) is 12.0 Å². The Morgan fingerprint density at radius 3 is 2.54 bits per heavy atom. The quantitative estimate of drug-likeness (QED) is 0.301. The van der Waals surface area contributed by atoms with Crippen LogP contribution in [0, 0.1) is 0 Å². The van der Waals surface area contributed by atoms with Crippen LogP contribution >= 0.6 is 0 Å². The standard InChI is InChI=1S/C14H13N3O7/c1-7-15-5-8(13(21)16-7)6-23-11(19)2-3-12(20)24-9-4-10(18)17-14(9)22/h2-3,5,9,15H,1,4,6H2,(H,16,21)(H,17,18,22)/b3-2+. The molecular formula is C14H13N3O7. The second-order valence-corrected chi connectivity index (χ2v) is 4.73. The molecular weight excluding hydrogens is 322 g/mol. The number of rotatable bonds is 5. The van der Waals surface area contributed by atoms with E-state index in [9.17, 15) is 24.0 Å². The number of hydrogen-bond acceptors (Lipinski definition) is 8. The smallest absolute Gasteiger partial charge is 0.331 e. The highest BCUT2D eigenvalue weighted by Crippen LogP contribution is 2.07. The van der Waals surface area contributed by atoms with Crippen molar-refractivity contribution in [3.05, 3.63) is 36.3 Å². The zero-order valence-electron chi connectivity index (χ0n) is 12.3. The maximum absolute atomic E-state index is 11.5. The van der Waals surface area contributed by atoms with Crippen LogP contribution in [0.1, 0.15) is 6.42 Å². The highest BCUT2D eigenvalue weighted by molar-refractivity contribution is 6.06. The van der Waals surface area contributed by atoms with Crippen molar-refractivity contribution in [2.75, 3.05) is 6.61 Å². The molecule has 126 valence electrons. The van der Waals surface area contributed by atoms with Crippen molar-refractivity contribution < 1.29 is 33.4 Å². The lowest BCUT2D eigenvalue weighted by molar-refractivity contribution is -0.149. The lowest BCUT2D eigenvalue weighted by Crippen LogP contribution is -2.36. The van der Waals surface area contributed by atoms with Gasteiger partial charge in [0.25, 0.3) is 11.8 Å². The fourth-order valence-corrected chi connectivity index (χ4v) is 1.74. The summed E-state index contributed by atoms with van der Waals surface area (Å²) >= 11 is 0. The van der Waals surface area contributed by atoms with Gasteiger partial charge in [0.15, 0.2) is 6.10 Å². The van der Waals surface area contributed by atoms with E-state index in [0.29, 0.717) is 5.82 Å². The van der Waals surface area contributed by atoms with Crippen molar-refractivity contribution in [1.29, 1.82) is 0 Å². The Morgan fingerprint density at radius 2 is 1.92 bits per heavy atom. The number of carbonyl (C=O) groups is 5. The van der Waals surface area contributed by atoms with E-state index in [1.54, 1.807) is 0 Å². The second kappa shape index (κ2) is 7.22. The van der Waals surface area contributed by atoms with Gasteiger partial charge in [-0.3, -0.25) is 19.7 Å². The van der Waals surface area contributed by atoms with Gasteiger partial charge in [-0.2, -0.15) is 0 Å². The van der Waals surface area contributed by atoms with E-state index in [1.165, 1.54) is 6.20 Å². The molecule has 0 radical (unpaired) electrons. The molecule has 2 aliphatic heterocycles. The van der Waals surface area contributed by atoms with Crippen LogP contribution < -0.4 is 16.0 Å². The maximum atomic E-state index is 11.5. The van der Waals surface area contributed by atoms with Gasteiger partial charge in [-0.05, 0) is 0 Å². The summed E-state index contributed by atoms with van der Waals surface area (Å²) in [6, 6.07) is 0. The van der Waals surface area contributed by atoms with Gasteiger partial charge in [-0.15, -0.1) is 0 Å². The second-order valence-electron chi connectivity index (χ2n) is 4.73. The molecule has 2 heterocycles. The summed E-state index contributed by atoms with van der Waals surface area (Å²) in [6.45, 7) is 3.17. The van der Waals surface area contributed by atoms with Crippen LogP contribution in [-0.4, -0.2) is 42.4 Å². The number of imide groups is 1. The number of carbonyl (C=O) groups excluding carboxylic acids is 5. The molecule has 1 atom stereocenters. The molecule has 0 aromatic heterocycles. The molecule has 10 nitrogen and oxygen atoms in total. The van der Waals surface area contributed by atoms with Gasteiger partial charge in [0, 0.05) is 18.4 Å². The van der Waals surface area contributed by atoms with Crippen molar-refractivity contribution in [3.8, 4) is 0 Å². The summed E-state index contributed by atoms with van der Waals surface area (Å²) < 4.78 is 9.49. The minimum Gasteiger partial charge on any atom is -0.457 e. The zero-order chi connectivity index (χ0) is 17.7. The molecule has 1 saturated heterocycles. The Hall–Kier alpha value is -3.43. The molecule has 3 N–H and O–H groups in total. The molecule has 1 fully saturated rings. The van der Waals surface area contributed by atoms with Crippen molar-refractivity contribution in [2.45, 2.75) is 12.5 Å². The average molecular weight is 335 g/mol. The van der Waals surface area contributed by atoms with Crippen molar-refractivity contribution in [1.82, 2.24) is 16.0 Å². The predicted octanol–water partition coefficient (Wildman–Crippen LogP) is -1.88. The SMILES string of the molecule is C=C1NC=C(COC(=O)/C=C/C(=O)OC2CC(=O)NC2=O)C(=O)N1. The first kappa shape index (κ1) is 16.9. The van der Waals surface area contributed by atoms with Crippen LogP contribution in [-0.2, 0) is 33.4 Å². The molecule has 10 heteroatoms. The van der Waals surface area contributed by atoms with Gasteiger partial charge in [-0.1, -0.05) is 6.58 Å². The van der Waals surface area contributed by atoms with E-state index in [-0.39, 0.29) is 18.6 Å². The Morgan fingerprint density at radius 1 is 1.21 bits per heavy atom. The third-order valence-corrected chi connectivity index (χ3v) is 2.89. The lowest BCUT2D eigenvalue weighted by atomic mass is 10.2. The van der Waals surface area contributed by atoms with E-state index in [4.69, 9.17) is 9.47 Å². The summed E-state index contributed by atoms with van der Waals surface area (Å²) in [7, 11) is 0. The van der Waals surface area contributed by atoms with Crippen molar-refractivity contribution in [2.24, 2.45) is 0 Å². The predicted molar refractivity (Wildman–Crippen MR) is 76.2 cm³/mol. The monoisotopic (exact) mass is 335 g/mol. The Balaban J connectivity index is 1.77. The van der Waals surface area contributed by atoms with Crippen LogP contribution in [0.3, 0.4) is 0 Å². The molecule has 0 aromatic carbocycles. The summed E-state index contributed by atoms with van der Waals surface area (Å²) in [5, 5.41) is 7.01. The van der Waals surface area contributed by atoms with E-state index in [2.05, 4.69) is 17.2 Å². The van der Waals surface area contributed by atoms with Crippen molar-refractivity contribution in [3.63, 3.8) is 0 Å². The van der Waals surface area contributed by atoms with Gasteiger partial charge in [0.1, 0.15) is 12.4 Å². The number of esters is 2. The Labute approximate surface area is 135 Å². The minimum absolute atomic E-state index is 0.160. The molecule has 0 bridgehead atoms. The largest absolute Gasteiger partial charge is 0.457 e. The first-order chi connectivity index (χ1) is 11.3. The number of nitrogens with one attached hydrogen (secondary N) is 3. The average Bonchev–Trinajstić information content (AvgIpc) is 2.82. The van der Waals surface area contributed by atoms with E-state index in [1.807, 2.05) is 5.32 Å². The lowest BCUT2D eigenvalue weighted by Gasteiger charge is -2.16. The van der Waals surface area contributed by atoms with E-state index in [0.717, 1.165) is 12.2 Å². The van der Waals surface area contributed by atoms with Crippen LogP contribution in [0.5, 0.6) is 0 Å². The third-order valence-electron chi connectivity index (χ3n) is 2.89. The van der Waals surface area contributed by atoms with Gasteiger partial charge in [-0.25, -0.2) is 9.59 Å². The molecule has 1 unspecified atom stereocenters. The van der Waals surface area contributed by atoms with Crippen LogP contribution in [0.2, 0.25) is 0 Å². The van der Waals surface area contributed by atoms with Gasteiger partial charge in [0.2, 0.25) is 5.91 Å². The van der Waals surface area contributed by atoms with Gasteiger partial charge >= 0.3 is 11.9 Å². The van der Waals surface area contributed by atoms with Crippen LogP contribution in [0.25, 0.3) is 0 Å². The Kier molecular flexibility index (Phi) is 5.09. The molecule has 3 amide bonds. The third kappa shape index (κ3) is 4.53. The molecule has 0 aromatic rings. The number of hydrogen-bond donors (Lipinski definition) is 3. The molecule has 0 saturated carbocycles. The fraction of sp³-hybridized carbons (Fsp3) is 0.214. The molecule has 24 heavy (non-hydrogen) atoms. The molecule has 0 aliphatic carbocycles. The zero-order valence-corrected chi connectivity index (χ0v) is 12.3. The maximum Gasteiger partial charge on any atom is 0.331 e. The van der Waals surface area contributed by atoms with Crippen LogP contribution in [0.4, 0.5) is 0 Å². The first-order valence-electron chi connectivity index (χ1n) is 6.70. The van der Waals surface area contributed by atoms with Crippen molar-refractivity contribution >= 4 is 29.7 Å². The number of amides is 3. The molecule has 2 rings (SSSR count). The number of ether oxygens (including phenoxy) is 2. The van der Waals surface area contributed by atoms with E-state index >= 15 is 0 Å². The highest BCUT2D eigenvalue weighted by Gasteiger charge is 2.33. The minimum atomic E-state index is -1.21. The van der Waals surface area contributed by atoms with E-state index < -0.39 is 35.8 Å². The van der Waals surface area contributed by atoms with Crippen LogP contribution in [0.15, 0.2) is 36.3 Å². The molecule has 0 spiro atoms. The summed E-state index contributed by atoms with van der Waals surface area (Å²) in [5.74, 6) is -3.30. The summed E-state index contributed by atoms with van der Waals surface area (Å²) in [6.07, 6.45) is 1.41. The summed E-state index contributed by atoms with van der Waals surface area (Å²) in [4.78, 5) is 56.6. The first-order valence-corrected chi connectivity index (χ1v) is 6.70. The normalized spacial score (nSPS) is 20.2. The van der Waals surface area contributed by atoms with Gasteiger partial charge < -0.3 is 20.1 Å². The fourth-order valence-electron chi connectivity index (χ4n) is 1.74. The topological polar surface area (TPSA) is 140 Å². The summed E-state index contributed by atoms with van der Waals surface area (Å²) in [5.41, 5.74) is 0.160.